The van der Waals surface area contributed by atoms with Gasteiger partial charge in [-0.05, 0) is 60.9 Å². The predicted molar refractivity (Wildman–Crippen MR) is 147 cm³/mol. The molecule has 0 N–H and O–H groups in total. The van der Waals surface area contributed by atoms with Crippen LogP contribution in [0.5, 0.6) is 11.5 Å². The molecule has 0 bridgehead atoms. The lowest BCUT2D eigenvalue weighted by molar-refractivity contribution is -0.149. The Balaban J connectivity index is 1.47. The molecule has 1 fully saturated rings. The van der Waals surface area contributed by atoms with E-state index in [9.17, 15) is 9.59 Å². The zero-order valence-corrected chi connectivity index (χ0v) is 23.5. The van der Waals surface area contributed by atoms with Crippen molar-refractivity contribution < 1.29 is 23.8 Å². The van der Waals surface area contributed by atoms with Crippen molar-refractivity contribution in [2.45, 2.75) is 24.9 Å². The fourth-order valence-corrected chi connectivity index (χ4v) is 5.29. The number of carbonyl (C=O) groups is 2. The van der Waals surface area contributed by atoms with E-state index < -0.39 is 5.41 Å². The molecule has 0 unspecified atom stereocenters. The van der Waals surface area contributed by atoms with Crippen LogP contribution in [0.1, 0.15) is 34.3 Å². The van der Waals surface area contributed by atoms with Crippen molar-refractivity contribution in [2.75, 3.05) is 27.3 Å². The van der Waals surface area contributed by atoms with E-state index in [1.807, 2.05) is 24.3 Å². The Labute approximate surface area is 234 Å². The number of piperidine rings is 1. The highest BCUT2D eigenvalue weighted by Crippen LogP contribution is 2.38. The summed E-state index contributed by atoms with van der Waals surface area (Å²) >= 11 is 15.6. The lowest BCUT2D eigenvalue weighted by atomic mass is 9.72. The Morgan fingerprint density at radius 3 is 2.27 bits per heavy atom. The van der Waals surface area contributed by atoms with Gasteiger partial charge in [0.25, 0.3) is 5.91 Å². The van der Waals surface area contributed by atoms with Crippen LogP contribution in [-0.4, -0.2) is 44.1 Å². The highest BCUT2D eigenvalue weighted by molar-refractivity contribution is 9.10. The minimum absolute atomic E-state index is 0.139. The van der Waals surface area contributed by atoms with Crippen LogP contribution in [0.3, 0.4) is 0 Å². The molecule has 0 aliphatic carbocycles. The Bertz CT molecular complexity index is 1290. The Kier molecular flexibility index (Phi) is 8.67. The molecule has 0 saturated carbocycles. The van der Waals surface area contributed by atoms with Gasteiger partial charge in [-0.3, -0.25) is 9.59 Å². The van der Waals surface area contributed by atoms with Crippen LogP contribution in [-0.2, 0) is 21.6 Å². The third kappa shape index (κ3) is 5.89. The first-order valence-electron chi connectivity index (χ1n) is 11.7. The summed E-state index contributed by atoms with van der Waals surface area (Å²) in [6, 6.07) is 18.0. The van der Waals surface area contributed by atoms with Crippen molar-refractivity contribution in [1.82, 2.24) is 4.90 Å². The number of esters is 1. The fourth-order valence-electron chi connectivity index (χ4n) is 4.56. The second-order valence-electron chi connectivity index (χ2n) is 8.76. The van der Waals surface area contributed by atoms with Crippen molar-refractivity contribution in [3.05, 3.63) is 91.9 Å². The van der Waals surface area contributed by atoms with Crippen molar-refractivity contribution in [2.24, 2.45) is 0 Å². The van der Waals surface area contributed by atoms with Gasteiger partial charge in [-0.15, -0.1) is 0 Å². The summed E-state index contributed by atoms with van der Waals surface area (Å²) in [5, 5.41) is 1.06. The zero-order chi connectivity index (χ0) is 26.6. The van der Waals surface area contributed by atoms with Crippen LogP contribution >= 0.6 is 39.1 Å². The van der Waals surface area contributed by atoms with E-state index in [4.69, 9.17) is 37.4 Å². The van der Waals surface area contributed by atoms with Crippen LogP contribution in [0.25, 0.3) is 0 Å². The average molecular weight is 607 g/mol. The summed E-state index contributed by atoms with van der Waals surface area (Å²) < 4.78 is 17.5. The Morgan fingerprint density at radius 2 is 1.65 bits per heavy atom. The first-order chi connectivity index (χ1) is 17.8. The summed E-state index contributed by atoms with van der Waals surface area (Å²) in [6.07, 6.45) is 0.931. The van der Waals surface area contributed by atoms with E-state index in [0.29, 0.717) is 53.0 Å². The summed E-state index contributed by atoms with van der Waals surface area (Å²) in [4.78, 5) is 28.0. The van der Waals surface area contributed by atoms with E-state index in [2.05, 4.69) is 15.9 Å². The number of hydrogen-bond acceptors (Lipinski definition) is 5. The van der Waals surface area contributed by atoms with Crippen molar-refractivity contribution in [3.63, 3.8) is 0 Å². The van der Waals surface area contributed by atoms with Crippen molar-refractivity contribution in [3.8, 4) is 11.5 Å². The van der Waals surface area contributed by atoms with Gasteiger partial charge in [-0.2, -0.15) is 0 Å². The van der Waals surface area contributed by atoms with Crippen LogP contribution in [0.15, 0.2) is 65.1 Å². The maximum Gasteiger partial charge on any atom is 0.316 e. The number of benzene rings is 3. The number of ether oxygens (including phenoxy) is 3. The molecule has 0 aromatic heterocycles. The number of rotatable bonds is 7. The van der Waals surface area contributed by atoms with Crippen LogP contribution in [0.4, 0.5) is 0 Å². The van der Waals surface area contributed by atoms with Crippen molar-refractivity contribution >= 4 is 51.0 Å². The van der Waals surface area contributed by atoms with Gasteiger partial charge in [0.1, 0.15) is 6.61 Å². The van der Waals surface area contributed by atoms with Gasteiger partial charge in [-0.1, -0.05) is 57.3 Å². The number of carbonyl (C=O) groups excluding carboxylic acids is 2. The van der Waals surface area contributed by atoms with E-state index >= 15 is 0 Å². The number of nitrogens with zero attached hydrogens (tertiary/aromatic N) is 1. The molecule has 0 spiro atoms. The molecule has 1 aliphatic rings. The van der Waals surface area contributed by atoms with E-state index in [-0.39, 0.29) is 18.5 Å². The summed E-state index contributed by atoms with van der Waals surface area (Å²) in [7, 11) is 2.92. The molecule has 1 amide bonds. The summed E-state index contributed by atoms with van der Waals surface area (Å²) in [5.41, 5.74) is 1.35. The largest absolute Gasteiger partial charge is 0.493 e. The molecule has 1 saturated heterocycles. The van der Waals surface area contributed by atoms with Crippen LogP contribution in [0.2, 0.25) is 10.0 Å². The van der Waals surface area contributed by atoms with Crippen molar-refractivity contribution in [1.29, 1.82) is 0 Å². The van der Waals surface area contributed by atoms with Gasteiger partial charge in [0, 0.05) is 38.7 Å². The topological polar surface area (TPSA) is 65.1 Å². The lowest BCUT2D eigenvalue weighted by Gasteiger charge is -2.40. The molecule has 1 heterocycles. The molecule has 0 radical (unpaired) electrons. The molecular formula is C28H26BrCl2NO5. The molecule has 9 heteroatoms. The fraction of sp³-hybridized carbons (Fsp3) is 0.286. The third-order valence-electron chi connectivity index (χ3n) is 6.69. The normalized spacial score (nSPS) is 14.7. The number of methoxy groups -OCH3 is 2. The van der Waals surface area contributed by atoms with Gasteiger partial charge in [0.05, 0.1) is 19.6 Å². The van der Waals surface area contributed by atoms with E-state index in [1.54, 1.807) is 41.3 Å². The van der Waals surface area contributed by atoms with Gasteiger partial charge >= 0.3 is 5.97 Å². The van der Waals surface area contributed by atoms with Gasteiger partial charge in [-0.25, -0.2) is 0 Å². The third-order valence-corrected chi connectivity index (χ3v) is 7.80. The monoisotopic (exact) mass is 605 g/mol. The molecule has 3 aromatic carbocycles. The molecule has 0 atom stereocenters. The molecule has 1 aliphatic heterocycles. The first-order valence-corrected chi connectivity index (χ1v) is 13.2. The highest BCUT2D eigenvalue weighted by Gasteiger charge is 2.44. The molecule has 6 nitrogen and oxygen atoms in total. The van der Waals surface area contributed by atoms with Gasteiger partial charge in [0.2, 0.25) is 0 Å². The molecule has 37 heavy (non-hydrogen) atoms. The maximum atomic E-state index is 13.3. The second kappa shape index (κ2) is 11.8. The van der Waals surface area contributed by atoms with Crippen LogP contribution < -0.4 is 9.47 Å². The predicted octanol–water partition coefficient (Wildman–Crippen LogP) is 6.69. The minimum Gasteiger partial charge on any atom is -0.493 e. The standard InChI is InChI=1S/C28H26BrCl2NO5/c1-35-25-15-18(4-10-24(25)37-17-19-3-9-22(30)16-23(19)31)26(33)32-13-11-28(12-14-32,27(34)36-2)20-5-7-21(29)8-6-20/h3-10,15-16H,11-14,17H2,1-2H3. The summed E-state index contributed by atoms with van der Waals surface area (Å²) in [5.74, 6) is 0.501. The number of likely N-dealkylation sites (tertiary alicyclic amines) is 1. The Hall–Kier alpha value is -2.74. The summed E-state index contributed by atoms with van der Waals surface area (Å²) in [6.45, 7) is 1.05. The SMILES string of the molecule is COC(=O)C1(c2ccc(Br)cc2)CCN(C(=O)c2ccc(OCc3ccc(Cl)cc3Cl)c(OC)c2)CC1. The molecular weight excluding hydrogens is 581 g/mol. The number of halogens is 3. The van der Waals surface area contributed by atoms with Gasteiger partial charge < -0.3 is 19.1 Å². The molecule has 194 valence electrons. The molecule has 4 rings (SSSR count). The maximum absolute atomic E-state index is 13.3. The van der Waals surface area contributed by atoms with E-state index in [1.165, 1.54) is 14.2 Å². The minimum atomic E-state index is -0.787. The van der Waals surface area contributed by atoms with E-state index in [0.717, 1.165) is 15.6 Å². The smallest absolute Gasteiger partial charge is 0.316 e. The Morgan fingerprint density at radius 1 is 0.946 bits per heavy atom. The number of hydrogen-bond donors (Lipinski definition) is 0. The highest BCUT2D eigenvalue weighted by atomic mass is 79.9. The second-order valence-corrected chi connectivity index (χ2v) is 10.5. The number of amides is 1. The zero-order valence-electron chi connectivity index (χ0n) is 20.4. The van der Waals surface area contributed by atoms with Crippen LogP contribution in [0, 0.1) is 0 Å². The lowest BCUT2D eigenvalue weighted by Crippen LogP contribution is -2.49. The first kappa shape index (κ1) is 27.3. The molecule has 3 aromatic rings. The average Bonchev–Trinajstić information content (AvgIpc) is 2.92. The quantitative estimate of drug-likeness (QED) is 0.280. The van der Waals surface area contributed by atoms with Gasteiger partial charge in [0.15, 0.2) is 11.5 Å².